The van der Waals surface area contributed by atoms with E-state index in [0.29, 0.717) is 11.2 Å². The van der Waals surface area contributed by atoms with Crippen LogP contribution in [0.25, 0.3) is 0 Å². The van der Waals surface area contributed by atoms with Gasteiger partial charge in [-0.15, -0.1) is 0 Å². The van der Waals surface area contributed by atoms with Crippen LogP contribution in [0.1, 0.15) is 20.3 Å². The van der Waals surface area contributed by atoms with Gasteiger partial charge in [0.15, 0.2) is 5.11 Å². The lowest BCUT2D eigenvalue weighted by atomic mass is 10.3. The number of rotatable bonds is 4. The van der Waals surface area contributed by atoms with Crippen LogP contribution in [0.5, 0.6) is 5.75 Å². The summed E-state index contributed by atoms with van der Waals surface area (Å²) in [6, 6.07) is 8.05. The van der Waals surface area contributed by atoms with Gasteiger partial charge in [0.25, 0.3) is 0 Å². The molecule has 16 heavy (non-hydrogen) atoms. The van der Waals surface area contributed by atoms with E-state index in [4.69, 9.17) is 17.0 Å². The molecule has 1 atom stereocenters. The Labute approximate surface area is 102 Å². The number of anilines is 1. The van der Waals surface area contributed by atoms with Crippen LogP contribution < -0.4 is 15.4 Å². The van der Waals surface area contributed by atoms with E-state index in [1.54, 1.807) is 7.11 Å². The Bertz CT molecular complexity index is 337. The normalized spacial score (nSPS) is 11.7. The first kappa shape index (κ1) is 12.8. The van der Waals surface area contributed by atoms with Gasteiger partial charge in [-0.25, -0.2) is 0 Å². The van der Waals surface area contributed by atoms with Gasteiger partial charge in [-0.2, -0.15) is 0 Å². The average Bonchev–Trinajstić information content (AvgIpc) is 2.29. The van der Waals surface area contributed by atoms with Gasteiger partial charge in [0, 0.05) is 11.7 Å². The zero-order valence-electron chi connectivity index (χ0n) is 9.91. The Kier molecular flexibility index (Phi) is 5.05. The lowest BCUT2D eigenvalue weighted by Gasteiger charge is -2.15. The Morgan fingerprint density at radius 2 is 2.00 bits per heavy atom. The molecule has 0 aliphatic rings. The van der Waals surface area contributed by atoms with Crippen LogP contribution in [0.15, 0.2) is 24.3 Å². The molecule has 1 rings (SSSR count). The number of benzene rings is 1. The molecule has 0 unspecified atom stereocenters. The van der Waals surface area contributed by atoms with E-state index >= 15 is 0 Å². The fraction of sp³-hybridized carbons (Fsp3) is 0.417. The summed E-state index contributed by atoms with van der Waals surface area (Å²) >= 11 is 5.19. The number of thiocarbonyl (C=S) groups is 1. The fourth-order valence-electron chi connectivity index (χ4n) is 1.17. The maximum absolute atomic E-state index is 5.19. The predicted octanol–water partition coefficient (Wildman–Crippen LogP) is 2.78. The van der Waals surface area contributed by atoms with Gasteiger partial charge in [-0.1, -0.05) is 6.92 Å². The van der Waals surface area contributed by atoms with Crippen LogP contribution >= 0.6 is 12.2 Å². The molecule has 0 amide bonds. The maximum Gasteiger partial charge on any atom is 0.170 e. The largest absolute Gasteiger partial charge is 0.497 e. The molecule has 0 saturated heterocycles. The summed E-state index contributed by atoms with van der Waals surface area (Å²) in [6.45, 7) is 4.22. The highest BCUT2D eigenvalue weighted by Gasteiger charge is 2.01. The second-order valence-corrected chi connectivity index (χ2v) is 4.04. The van der Waals surface area contributed by atoms with Gasteiger partial charge < -0.3 is 15.4 Å². The van der Waals surface area contributed by atoms with Crippen LogP contribution in [-0.4, -0.2) is 18.3 Å². The maximum atomic E-state index is 5.19. The lowest BCUT2D eigenvalue weighted by molar-refractivity contribution is 0.415. The van der Waals surface area contributed by atoms with Crippen molar-refractivity contribution in [2.24, 2.45) is 0 Å². The molecule has 88 valence electrons. The van der Waals surface area contributed by atoms with E-state index in [0.717, 1.165) is 17.9 Å². The van der Waals surface area contributed by atoms with Crippen molar-refractivity contribution in [3.05, 3.63) is 24.3 Å². The van der Waals surface area contributed by atoms with Gasteiger partial charge in [-0.3, -0.25) is 0 Å². The van der Waals surface area contributed by atoms with Gasteiger partial charge in [-0.05, 0) is 49.8 Å². The highest BCUT2D eigenvalue weighted by Crippen LogP contribution is 2.14. The summed E-state index contributed by atoms with van der Waals surface area (Å²) in [5.74, 6) is 0.839. The Morgan fingerprint density at radius 1 is 1.38 bits per heavy atom. The number of methoxy groups -OCH3 is 1. The first-order valence-corrected chi connectivity index (χ1v) is 5.78. The quantitative estimate of drug-likeness (QED) is 0.790. The predicted molar refractivity (Wildman–Crippen MR) is 72.1 cm³/mol. The number of ether oxygens (including phenoxy) is 1. The minimum Gasteiger partial charge on any atom is -0.497 e. The van der Waals surface area contributed by atoms with Gasteiger partial charge in [0.2, 0.25) is 0 Å². The molecule has 0 fully saturated rings. The number of hydrogen-bond acceptors (Lipinski definition) is 2. The first-order valence-electron chi connectivity index (χ1n) is 5.37. The van der Waals surface area contributed by atoms with Crippen molar-refractivity contribution in [1.82, 2.24) is 5.32 Å². The molecule has 3 nitrogen and oxygen atoms in total. The lowest BCUT2D eigenvalue weighted by Crippen LogP contribution is -2.35. The minimum absolute atomic E-state index is 0.387. The molecule has 0 radical (unpaired) electrons. The summed E-state index contributed by atoms with van der Waals surface area (Å²) in [7, 11) is 1.65. The third-order valence-corrected chi connectivity index (χ3v) is 2.56. The third kappa shape index (κ3) is 4.06. The molecule has 4 heteroatoms. The topological polar surface area (TPSA) is 33.3 Å². The van der Waals surface area contributed by atoms with Crippen LogP contribution in [0, 0.1) is 0 Å². The molecule has 0 aromatic heterocycles. The molecule has 0 saturated carbocycles. The van der Waals surface area contributed by atoms with Crippen LogP contribution in [0.2, 0.25) is 0 Å². The first-order chi connectivity index (χ1) is 7.65. The molecule has 1 aromatic carbocycles. The van der Waals surface area contributed by atoms with Crippen molar-refractivity contribution in [3.63, 3.8) is 0 Å². The van der Waals surface area contributed by atoms with E-state index in [9.17, 15) is 0 Å². The average molecular weight is 238 g/mol. The number of hydrogen-bond donors (Lipinski definition) is 2. The van der Waals surface area contributed by atoms with Crippen molar-refractivity contribution < 1.29 is 4.74 Å². The van der Waals surface area contributed by atoms with E-state index in [2.05, 4.69) is 24.5 Å². The highest BCUT2D eigenvalue weighted by atomic mass is 32.1. The second-order valence-electron chi connectivity index (χ2n) is 3.64. The van der Waals surface area contributed by atoms with Crippen LogP contribution in [-0.2, 0) is 0 Å². The summed E-state index contributed by atoms with van der Waals surface area (Å²) in [5.41, 5.74) is 0.960. The molecule has 2 N–H and O–H groups in total. The molecular weight excluding hydrogens is 220 g/mol. The SMILES string of the molecule is CC[C@H](C)NC(=S)Nc1ccc(OC)cc1. The van der Waals surface area contributed by atoms with Gasteiger partial charge in [0.05, 0.1) is 7.11 Å². The summed E-state index contributed by atoms with van der Waals surface area (Å²) in [6.07, 6.45) is 1.05. The Balaban J connectivity index is 2.49. The van der Waals surface area contributed by atoms with E-state index < -0.39 is 0 Å². The van der Waals surface area contributed by atoms with E-state index in [1.807, 2.05) is 24.3 Å². The highest BCUT2D eigenvalue weighted by molar-refractivity contribution is 7.80. The van der Waals surface area contributed by atoms with E-state index in [-0.39, 0.29) is 0 Å². The number of nitrogens with one attached hydrogen (secondary N) is 2. The van der Waals surface area contributed by atoms with Crippen molar-refractivity contribution in [1.29, 1.82) is 0 Å². The Hall–Kier alpha value is -1.29. The molecule has 0 heterocycles. The molecule has 0 bridgehead atoms. The third-order valence-electron chi connectivity index (χ3n) is 2.34. The zero-order chi connectivity index (χ0) is 12.0. The van der Waals surface area contributed by atoms with Crippen molar-refractivity contribution in [2.75, 3.05) is 12.4 Å². The molecule has 0 aliphatic carbocycles. The standard InChI is InChI=1S/C12H18N2OS/c1-4-9(2)13-12(16)14-10-5-7-11(15-3)8-6-10/h5-9H,4H2,1-3H3,(H2,13,14,16)/t9-/m0/s1. The fourth-order valence-corrected chi connectivity index (χ4v) is 1.49. The second kappa shape index (κ2) is 6.33. The summed E-state index contributed by atoms with van der Waals surface area (Å²) in [4.78, 5) is 0. The van der Waals surface area contributed by atoms with E-state index in [1.165, 1.54) is 0 Å². The molecule has 1 aromatic rings. The van der Waals surface area contributed by atoms with Crippen molar-refractivity contribution in [3.8, 4) is 5.75 Å². The summed E-state index contributed by atoms with van der Waals surface area (Å²) < 4.78 is 5.08. The molecule has 0 aliphatic heterocycles. The summed E-state index contributed by atoms with van der Waals surface area (Å²) in [5, 5.41) is 6.97. The van der Waals surface area contributed by atoms with Crippen LogP contribution in [0.3, 0.4) is 0 Å². The molecule has 0 spiro atoms. The smallest absolute Gasteiger partial charge is 0.170 e. The van der Waals surface area contributed by atoms with Gasteiger partial charge >= 0.3 is 0 Å². The van der Waals surface area contributed by atoms with Crippen molar-refractivity contribution in [2.45, 2.75) is 26.3 Å². The van der Waals surface area contributed by atoms with Crippen LogP contribution in [0.4, 0.5) is 5.69 Å². The minimum atomic E-state index is 0.387. The monoisotopic (exact) mass is 238 g/mol. The Morgan fingerprint density at radius 3 is 2.50 bits per heavy atom. The molecular formula is C12H18N2OS. The zero-order valence-corrected chi connectivity index (χ0v) is 10.7. The van der Waals surface area contributed by atoms with Crippen molar-refractivity contribution >= 4 is 23.0 Å². The van der Waals surface area contributed by atoms with Gasteiger partial charge in [0.1, 0.15) is 5.75 Å².